The quantitative estimate of drug-likeness (QED) is 0.813. The van der Waals surface area contributed by atoms with Gasteiger partial charge in [-0.05, 0) is 68.8 Å². The Hall–Kier alpha value is -1.49. The Labute approximate surface area is 130 Å². The van der Waals surface area contributed by atoms with Crippen LogP contribution in [-0.2, 0) is 11.2 Å². The van der Waals surface area contributed by atoms with Gasteiger partial charge in [-0.15, -0.1) is 0 Å². The molecule has 2 rings (SSSR count). The Morgan fingerprint density at radius 1 is 1.32 bits per heavy atom. The summed E-state index contributed by atoms with van der Waals surface area (Å²) in [5.41, 5.74) is 0.722. The van der Waals surface area contributed by atoms with E-state index in [9.17, 15) is 13.6 Å². The van der Waals surface area contributed by atoms with Gasteiger partial charge in [0.05, 0.1) is 0 Å². The third-order valence-electron chi connectivity index (χ3n) is 4.13. The first-order chi connectivity index (χ1) is 10.6. The molecule has 1 aromatic rings. The van der Waals surface area contributed by atoms with Gasteiger partial charge in [0.1, 0.15) is 0 Å². The summed E-state index contributed by atoms with van der Waals surface area (Å²) in [5, 5.41) is 6.30. The molecule has 1 aliphatic heterocycles. The van der Waals surface area contributed by atoms with Gasteiger partial charge in [-0.2, -0.15) is 0 Å². The second-order valence-corrected chi connectivity index (χ2v) is 5.95. The average Bonchev–Trinajstić information content (AvgIpc) is 2.52. The fraction of sp³-hybridized carbons (Fsp3) is 0.588. The van der Waals surface area contributed by atoms with E-state index >= 15 is 0 Å². The summed E-state index contributed by atoms with van der Waals surface area (Å²) >= 11 is 0. The molecule has 1 atom stereocenters. The number of amides is 1. The van der Waals surface area contributed by atoms with Gasteiger partial charge in [-0.3, -0.25) is 4.79 Å². The van der Waals surface area contributed by atoms with Gasteiger partial charge < -0.3 is 10.6 Å². The molecule has 0 aromatic heterocycles. The Balaban J connectivity index is 1.58. The van der Waals surface area contributed by atoms with Gasteiger partial charge in [-0.1, -0.05) is 6.07 Å². The van der Waals surface area contributed by atoms with Crippen LogP contribution in [0.1, 0.15) is 37.7 Å². The Morgan fingerprint density at radius 3 is 2.91 bits per heavy atom. The van der Waals surface area contributed by atoms with Crippen molar-refractivity contribution in [3.8, 4) is 0 Å². The zero-order valence-corrected chi connectivity index (χ0v) is 12.8. The van der Waals surface area contributed by atoms with E-state index in [1.165, 1.54) is 18.9 Å². The Kier molecular flexibility index (Phi) is 6.77. The first kappa shape index (κ1) is 16.9. The molecule has 1 fully saturated rings. The standard InChI is InChI=1S/C17H24F2N2O/c18-15-7-6-13(11-16(15)19)3-1-5-17(22)21-10-8-14-4-2-9-20-12-14/h6-7,11,14,20H,1-5,8-10,12H2,(H,21,22). The predicted molar refractivity (Wildman–Crippen MR) is 82.5 cm³/mol. The van der Waals surface area contributed by atoms with Gasteiger partial charge >= 0.3 is 0 Å². The second kappa shape index (κ2) is 8.83. The van der Waals surface area contributed by atoms with Gasteiger partial charge in [0, 0.05) is 13.0 Å². The van der Waals surface area contributed by atoms with Crippen molar-refractivity contribution in [1.29, 1.82) is 0 Å². The Morgan fingerprint density at radius 2 is 2.18 bits per heavy atom. The van der Waals surface area contributed by atoms with Crippen molar-refractivity contribution < 1.29 is 13.6 Å². The number of carbonyl (C=O) groups is 1. The molecule has 2 N–H and O–H groups in total. The van der Waals surface area contributed by atoms with Crippen LogP contribution < -0.4 is 10.6 Å². The summed E-state index contributed by atoms with van der Waals surface area (Å²) in [6, 6.07) is 3.89. The molecule has 0 bridgehead atoms. The molecule has 122 valence electrons. The van der Waals surface area contributed by atoms with Crippen LogP contribution in [-0.4, -0.2) is 25.5 Å². The maximum atomic E-state index is 13.0. The number of hydrogen-bond donors (Lipinski definition) is 2. The van der Waals surface area contributed by atoms with Crippen molar-refractivity contribution in [2.24, 2.45) is 5.92 Å². The molecule has 1 heterocycles. The molecule has 5 heteroatoms. The zero-order valence-electron chi connectivity index (χ0n) is 12.8. The lowest BCUT2D eigenvalue weighted by molar-refractivity contribution is -0.121. The number of nitrogens with one attached hydrogen (secondary N) is 2. The van der Waals surface area contributed by atoms with Gasteiger partial charge in [0.2, 0.25) is 5.91 Å². The van der Waals surface area contributed by atoms with E-state index in [4.69, 9.17) is 0 Å². The molecule has 3 nitrogen and oxygen atoms in total. The molecule has 0 saturated carbocycles. The average molecular weight is 310 g/mol. The number of aryl methyl sites for hydroxylation is 1. The lowest BCUT2D eigenvalue weighted by Gasteiger charge is -2.22. The van der Waals surface area contributed by atoms with E-state index < -0.39 is 11.6 Å². The maximum absolute atomic E-state index is 13.0. The van der Waals surface area contributed by atoms with Crippen LogP contribution in [0.25, 0.3) is 0 Å². The summed E-state index contributed by atoms with van der Waals surface area (Å²) < 4.78 is 25.8. The minimum absolute atomic E-state index is 0.0337. The van der Waals surface area contributed by atoms with E-state index in [0.717, 1.165) is 37.7 Å². The van der Waals surface area contributed by atoms with Crippen LogP contribution in [0.15, 0.2) is 18.2 Å². The highest BCUT2D eigenvalue weighted by Gasteiger charge is 2.12. The van der Waals surface area contributed by atoms with E-state index in [1.54, 1.807) is 6.07 Å². The number of hydrogen-bond acceptors (Lipinski definition) is 2. The third-order valence-corrected chi connectivity index (χ3v) is 4.13. The van der Waals surface area contributed by atoms with Gasteiger partial charge in [0.15, 0.2) is 11.6 Å². The van der Waals surface area contributed by atoms with Crippen molar-refractivity contribution in [3.63, 3.8) is 0 Å². The predicted octanol–water partition coefficient (Wildman–Crippen LogP) is 2.79. The number of piperidine rings is 1. The van der Waals surface area contributed by atoms with Crippen LogP contribution in [0.4, 0.5) is 8.78 Å². The third kappa shape index (κ3) is 5.72. The summed E-state index contributed by atoms with van der Waals surface area (Å²) in [4.78, 5) is 11.7. The minimum Gasteiger partial charge on any atom is -0.356 e. The topological polar surface area (TPSA) is 41.1 Å². The Bertz CT molecular complexity index is 488. The minimum atomic E-state index is -0.835. The molecule has 0 aliphatic carbocycles. The summed E-state index contributed by atoms with van der Waals surface area (Å²) in [7, 11) is 0. The van der Waals surface area contributed by atoms with Crippen molar-refractivity contribution in [2.45, 2.75) is 38.5 Å². The van der Waals surface area contributed by atoms with E-state index in [2.05, 4.69) is 10.6 Å². The molecule has 1 aliphatic rings. The fourth-order valence-corrected chi connectivity index (χ4v) is 2.82. The van der Waals surface area contributed by atoms with Crippen LogP contribution in [0.5, 0.6) is 0 Å². The molecule has 1 saturated heterocycles. The smallest absolute Gasteiger partial charge is 0.220 e. The van der Waals surface area contributed by atoms with E-state index in [1.807, 2.05) is 0 Å². The largest absolute Gasteiger partial charge is 0.356 e. The molecule has 0 radical (unpaired) electrons. The summed E-state index contributed by atoms with van der Waals surface area (Å²) in [5.74, 6) is -0.968. The number of halogens is 2. The monoisotopic (exact) mass is 310 g/mol. The molecular weight excluding hydrogens is 286 g/mol. The first-order valence-electron chi connectivity index (χ1n) is 8.06. The highest BCUT2D eigenvalue weighted by atomic mass is 19.2. The lowest BCUT2D eigenvalue weighted by atomic mass is 9.96. The number of benzene rings is 1. The molecular formula is C17H24F2N2O. The van der Waals surface area contributed by atoms with Crippen LogP contribution in [0.3, 0.4) is 0 Å². The molecule has 1 aromatic carbocycles. The lowest BCUT2D eigenvalue weighted by Crippen LogP contribution is -2.33. The maximum Gasteiger partial charge on any atom is 0.220 e. The molecule has 0 spiro atoms. The van der Waals surface area contributed by atoms with E-state index in [0.29, 0.717) is 25.2 Å². The first-order valence-corrected chi connectivity index (χ1v) is 8.06. The highest BCUT2D eigenvalue weighted by Crippen LogP contribution is 2.13. The van der Waals surface area contributed by atoms with Crippen LogP contribution in [0, 0.1) is 17.6 Å². The molecule has 1 amide bonds. The van der Waals surface area contributed by atoms with Gasteiger partial charge in [-0.25, -0.2) is 8.78 Å². The van der Waals surface area contributed by atoms with Gasteiger partial charge in [0.25, 0.3) is 0 Å². The fourth-order valence-electron chi connectivity index (χ4n) is 2.82. The van der Waals surface area contributed by atoms with Crippen LogP contribution in [0.2, 0.25) is 0 Å². The SMILES string of the molecule is O=C(CCCc1ccc(F)c(F)c1)NCCC1CCCNC1. The summed E-state index contributed by atoms with van der Waals surface area (Å²) in [6.07, 6.45) is 5.11. The van der Waals surface area contributed by atoms with E-state index in [-0.39, 0.29) is 5.91 Å². The van der Waals surface area contributed by atoms with Crippen LogP contribution >= 0.6 is 0 Å². The number of carbonyl (C=O) groups excluding carboxylic acids is 1. The molecule has 22 heavy (non-hydrogen) atoms. The number of rotatable bonds is 7. The summed E-state index contributed by atoms with van der Waals surface area (Å²) in [6.45, 7) is 2.87. The van der Waals surface area contributed by atoms with Crippen molar-refractivity contribution >= 4 is 5.91 Å². The highest BCUT2D eigenvalue weighted by molar-refractivity contribution is 5.75. The van der Waals surface area contributed by atoms with Crippen molar-refractivity contribution in [2.75, 3.05) is 19.6 Å². The van der Waals surface area contributed by atoms with Crippen molar-refractivity contribution in [3.05, 3.63) is 35.4 Å². The molecule has 1 unspecified atom stereocenters. The zero-order chi connectivity index (χ0) is 15.8. The second-order valence-electron chi connectivity index (χ2n) is 5.95. The van der Waals surface area contributed by atoms with Crippen molar-refractivity contribution in [1.82, 2.24) is 10.6 Å². The normalized spacial score (nSPS) is 18.2.